The summed E-state index contributed by atoms with van der Waals surface area (Å²) in [5.74, 6) is 5.33. The van der Waals surface area contributed by atoms with Crippen molar-refractivity contribution >= 4 is 0 Å². The van der Waals surface area contributed by atoms with Crippen LogP contribution in [-0.2, 0) is 0 Å². The second-order valence-corrected chi connectivity index (χ2v) is 14.4. The smallest absolute Gasteiger partial charge is 0.0471 e. The molecule has 0 radical (unpaired) electrons. The molecule has 0 saturated carbocycles. The van der Waals surface area contributed by atoms with Crippen LogP contribution in [0.3, 0.4) is 0 Å². The maximum absolute atomic E-state index is 2.30. The second-order valence-electron chi connectivity index (χ2n) is 14.4. The first-order chi connectivity index (χ1) is 18.1. The topological polar surface area (TPSA) is 0 Å². The van der Waals surface area contributed by atoms with Crippen LogP contribution in [0.4, 0.5) is 0 Å². The van der Waals surface area contributed by atoms with Crippen molar-refractivity contribution in [3.05, 3.63) is 0 Å². The molecule has 0 bridgehead atoms. The fourth-order valence-corrected chi connectivity index (χ4v) is 2.97. The van der Waals surface area contributed by atoms with Gasteiger partial charge in [-0.25, -0.2) is 0 Å². The molecule has 0 heterocycles. The van der Waals surface area contributed by atoms with E-state index in [2.05, 4.69) is 125 Å². The Hall–Kier alpha value is 0. The van der Waals surface area contributed by atoms with Crippen LogP contribution in [0, 0.1) is 35.5 Å². The average Bonchev–Trinajstić information content (AvgIpc) is 2.81. The van der Waals surface area contributed by atoms with Gasteiger partial charge < -0.3 is 0 Å². The Labute approximate surface area is 263 Å². The molecule has 0 aromatic heterocycles. The molecule has 0 amide bonds. The van der Waals surface area contributed by atoms with Crippen LogP contribution < -0.4 is 0 Å². The zero-order valence-electron chi connectivity index (χ0n) is 32.1. The highest BCUT2D eigenvalue weighted by atomic mass is 14.0. The van der Waals surface area contributed by atoms with E-state index in [-0.39, 0.29) is 7.43 Å². The lowest BCUT2D eigenvalue weighted by atomic mass is 10.1. The van der Waals surface area contributed by atoms with E-state index in [1.807, 2.05) is 0 Å². The van der Waals surface area contributed by atoms with Crippen LogP contribution in [0.5, 0.6) is 0 Å². The molecule has 0 rings (SSSR count). The number of unbranched alkanes of at least 4 members (excludes halogenated alkanes) is 6. The van der Waals surface area contributed by atoms with Crippen molar-refractivity contribution in [2.45, 2.75) is 228 Å². The van der Waals surface area contributed by atoms with Gasteiger partial charge in [-0.2, -0.15) is 0 Å². The maximum Gasteiger partial charge on any atom is -0.0471 e. The summed E-state index contributed by atoms with van der Waals surface area (Å²) in [6.07, 6.45) is 20.8. The lowest BCUT2D eigenvalue weighted by molar-refractivity contribution is 0.525. The lowest BCUT2D eigenvalue weighted by Gasteiger charge is -2.01. The van der Waals surface area contributed by atoms with E-state index in [0.717, 1.165) is 35.5 Å². The van der Waals surface area contributed by atoms with Crippen LogP contribution in [0.1, 0.15) is 228 Å². The summed E-state index contributed by atoms with van der Waals surface area (Å²) < 4.78 is 0. The van der Waals surface area contributed by atoms with Crippen molar-refractivity contribution in [3.63, 3.8) is 0 Å². The summed E-state index contributed by atoms with van der Waals surface area (Å²) in [6.45, 7) is 40.3. The SMILES string of the molecule is C.CC(C)C.CCC(C)C.CCCC(C)C.CCCCC(C)C.CCCCCC(C)C.CCCCCCC(C)C. The van der Waals surface area contributed by atoms with Gasteiger partial charge >= 0.3 is 0 Å². The van der Waals surface area contributed by atoms with Gasteiger partial charge in [-0.3, -0.25) is 0 Å². The number of rotatable bonds is 15. The minimum atomic E-state index is 0. The standard InChI is InChI=1S/C9H20.C8H18.C7H16.C6H14.C5H12.C4H10.CH4/c1-4-5-6-7-8-9(2)3;1-4-5-6-7-8(2)3;1-4-5-6-7(2)3;1-4-5-6(2)3;1-4-5(2)3;1-4(2)3;/h9H,4-8H2,1-3H3;8H,4-7H2,1-3H3;7H,4-6H2,1-3H3;6H,4-5H2,1-3H3;5H,4H2,1-3H3;4H,1-3H3;1H4. The van der Waals surface area contributed by atoms with Crippen LogP contribution in [0.25, 0.3) is 0 Å². The van der Waals surface area contributed by atoms with Crippen LogP contribution in [0.2, 0.25) is 0 Å². The van der Waals surface area contributed by atoms with Crippen molar-refractivity contribution in [2.24, 2.45) is 35.5 Å². The van der Waals surface area contributed by atoms with Crippen molar-refractivity contribution in [2.75, 3.05) is 0 Å². The monoisotopic (exact) mass is 575 g/mol. The minimum absolute atomic E-state index is 0. The van der Waals surface area contributed by atoms with Gasteiger partial charge in [-0.1, -0.05) is 228 Å². The quantitative estimate of drug-likeness (QED) is 0.171. The molecule has 0 saturated heterocycles. The fourth-order valence-electron chi connectivity index (χ4n) is 2.97. The first kappa shape index (κ1) is 55.9. The van der Waals surface area contributed by atoms with Crippen molar-refractivity contribution in [1.29, 1.82) is 0 Å². The highest BCUT2D eigenvalue weighted by Gasteiger charge is 1.92. The van der Waals surface area contributed by atoms with Gasteiger partial charge in [0.05, 0.1) is 0 Å². The van der Waals surface area contributed by atoms with E-state index >= 15 is 0 Å². The van der Waals surface area contributed by atoms with Gasteiger partial charge in [0.1, 0.15) is 0 Å². The fraction of sp³-hybridized carbons (Fsp3) is 1.00. The molecule has 0 aliphatic carbocycles. The molecule has 0 spiro atoms. The van der Waals surface area contributed by atoms with Gasteiger partial charge in [-0.15, -0.1) is 0 Å². The molecule has 0 heteroatoms. The highest BCUT2D eigenvalue weighted by Crippen LogP contribution is 2.09. The molecule has 0 atom stereocenters. The van der Waals surface area contributed by atoms with Crippen molar-refractivity contribution < 1.29 is 0 Å². The zero-order valence-corrected chi connectivity index (χ0v) is 32.1. The Kier molecular flexibility index (Phi) is 72.2. The van der Waals surface area contributed by atoms with E-state index in [1.165, 1.54) is 96.3 Å². The van der Waals surface area contributed by atoms with E-state index < -0.39 is 0 Å². The lowest BCUT2D eigenvalue weighted by Crippen LogP contribution is -1.86. The van der Waals surface area contributed by atoms with E-state index in [0.29, 0.717) is 0 Å². The van der Waals surface area contributed by atoms with Crippen molar-refractivity contribution in [1.82, 2.24) is 0 Å². The van der Waals surface area contributed by atoms with E-state index in [4.69, 9.17) is 0 Å². The summed E-state index contributed by atoms with van der Waals surface area (Å²) in [5.41, 5.74) is 0. The van der Waals surface area contributed by atoms with Crippen LogP contribution >= 0.6 is 0 Å². The first-order valence-corrected chi connectivity index (χ1v) is 18.1. The predicted octanol–water partition coefficient (Wildman–Crippen LogP) is 16.5. The summed E-state index contributed by atoms with van der Waals surface area (Å²) in [5, 5.41) is 0. The molecule has 0 fully saturated rings. The Bertz CT molecular complexity index is 318. The molecule has 0 nitrogen and oxygen atoms in total. The Morgan fingerprint density at radius 1 is 0.300 bits per heavy atom. The van der Waals surface area contributed by atoms with Gasteiger partial charge in [0, 0.05) is 0 Å². The van der Waals surface area contributed by atoms with Crippen LogP contribution in [-0.4, -0.2) is 0 Å². The van der Waals surface area contributed by atoms with E-state index in [9.17, 15) is 0 Å². The average molecular weight is 575 g/mol. The van der Waals surface area contributed by atoms with Crippen LogP contribution in [0.15, 0.2) is 0 Å². The van der Waals surface area contributed by atoms with Crippen molar-refractivity contribution in [3.8, 4) is 0 Å². The summed E-state index contributed by atoms with van der Waals surface area (Å²) in [6, 6.07) is 0. The van der Waals surface area contributed by atoms with Gasteiger partial charge in [-0.05, 0) is 35.5 Å². The minimum Gasteiger partial charge on any atom is -0.0776 e. The third-order valence-electron chi connectivity index (χ3n) is 5.84. The molecule has 40 heavy (non-hydrogen) atoms. The molecule has 0 aliphatic rings. The number of hydrogen-bond donors (Lipinski definition) is 0. The molecule has 0 aromatic rings. The first-order valence-electron chi connectivity index (χ1n) is 18.1. The predicted molar refractivity (Wildman–Crippen MR) is 199 cm³/mol. The Morgan fingerprint density at radius 2 is 0.550 bits per heavy atom. The molecule has 0 aromatic carbocycles. The van der Waals surface area contributed by atoms with Gasteiger partial charge in [0.2, 0.25) is 0 Å². The Morgan fingerprint density at radius 3 is 0.725 bits per heavy atom. The maximum atomic E-state index is 2.30. The molecular formula is C40H94. The summed E-state index contributed by atoms with van der Waals surface area (Å²) in [4.78, 5) is 0. The summed E-state index contributed by atoms with van der Waals surface area (Å²) >= 11 is 0. The van der Waals surface area contributed by atoms with Gasteiger partial charge in [0.15, 0.2) is 0 Å². The summed E-state index contributed by atoms with van der Waals surface area (Å²) in [7, 11) is 0. The molecular weight excluding hydrogens is 480 g/mol. The Balaban J connectivity index is -0.0000000662. The third kappa shape index (κ3) is 130. The van der Waals surface area contributed by atoms with Gasteiger partial charge in [0.25, 0.3) is 0 Å². The molecule has 0 N–H and O–H groups in total. The zero-order chi connectivity index (χ0) is 32.1. The second kappa shape index (κ2) is 51.7. The highest BCUT2D eigenvalue weighted by molar-refractivity contribution is 4.46. The third-order valence-corrected chi connectivity index (χ3v) is 5.84. The molecule has 0 unspecified atom stereocenters. The largest absolute Gasteiger partial charge is 0.0776 e. The molecule has 254 valence electrons. The normalized spacial score (nSPS) is 9.90. The van der Waals surface area contributed by atoms with E-state index in [1.54, 1.807) is 0 Å². The number of hydrogen-bond acceptors (Lipinski definition) is 0. The molecule has 0 aliphatic heterocycles.